The molecule has 1 aliphatic heterocycles. The Bertz CT molecular complexity index is 408. The first-order valence-corrected chi connectivity index (χ1v) is 6.86. The van der Waals surface area contributed by atoms with Crippen LogP contribution < -0.4 is 0 Å². The van der Waals surface area contributed by atoms with Gasteiger partial charge in [-0.1, -0.05) is 41.9 Å². The van der Waals surface area contributed by atoms with Gasteiger partial charge in [0.25, 0.3) is 0 Å². The Labute approximate surface area is 111 Å². The molecule has 92 valence electrons. The zero-order chi connectivity index (χ0) is 12.4. The number of hydrogen-bond donors (Lipinski definition) is 0. The van der Waals surface area contributed by atoms with Gasteiger partial charge in [-0.2, -0.15) is 0 Å². The van der Waals surface area contributed by atoms with E-state index in [4.69, 9.17) is 0 Å². The third-order valence-electron chi connectivity index (χ3n) is 3.58. The van der Waals surface area contributed by atoms with Gasteiger partial charge in [0.15, 0.2) is 5.78 Å². The van der Waals surface area contributed by atoms with E-state index < -0.39 is 0 Å². The van der Waals surface area contributed by atoms with E-state index in [1.807, 2.05) is 24.3 Å². The van der Waals surface area contributed by atoms with Crippen molar-refractivity contribution < 1.29 is 4.79 Å². The van der Waals surface area contributed by atoms with Crippen LogP contribution in [0, 0.1) is 11.8 Å². The molecule has 0 aromatic heterocycles. The maximum absolute atomic E-state index is 12.1. The molecule has 2 unspecified atom stereocenters. The van der Waals surface area contributed by atoms with Gasteiger partial charge in [0, 0.05) is 23.1 Å². The highest BCUT2D eigenvalue weighted by Crippen LogP contribution is 2.22. The summed E-state index contributed by atoms with van der Waals surface area (Å²) in [5, 5.41) is 0. The molecule has 2 nitrogen and oxygen atoms in total. The molecule has 0 aliphatic carbocycles. The average Bonchev–Trinajstić information content (AvgIpc) is 2.58. The number of benzene rings is 1. The molecule has 0 spiro atoms. The van der Waals surface area contributed by atoms with Crippen LogP contribution >= 0.6 is 15.9 Å². The molecule has 1 aliphatic rings. The number of likely N-dealkylation sites (tertiary alicyclic amines) is 1. The summed E-state index contributed by atoms with van der Waals surface area (Å²) in [5.74, 6) is 1.61. The second-order valence-corrected chi connectivity index (χ2v) is 6.00. The van der Waals surface area contributed by atoms with Gasteiger partial charge in [-0.25, -0.2) is 0 Å². The first kappa shape index (κ1) is 12.8. The predicted molar refractivity (Wildman–Crippen MR) is 73.2 cm³/mol. The summed E-state index contributed by atoms with van der Waals surface area (Å²) in [6.07, 6.45) is 0. The van der Waals surface area contributed by atoms with Crippen LogP contribution in [-0.4, -0.2) is 30.3 Å². The molecule has 0 N–H and O–H groups in total. The standard InChI is InChI=1S/C14H18BrNO/c1-10-7-16(8-11(10)2)9-14(17)12-4-3-5-13(15)6-12/h3-6,10-11H,7-9H2,1-2H3. The Hall–Kier alpha value is -0.670. The van der Waals surface area contributed by atoms with Crippen LogP contribution in [0.2, 0.25) is 0 Å². The zero-order valence-corrected chi connectivity index (χ0v) is 11.9. The summed E-state index contributed by atoms with van der Waals surface area (Å²) < 4.78 is 0.964. The van der Waals surface area contributed by atoms with Gasteiger partial charge in [0.05, 0.1) is 6.54 Å². The van der Waals surface area contributed by atoms with Crippen LogP contribution in [0.3, 0.4) is 0 Å². The third-order valence-corrected chi connectivity index (χ3v) is 4.07. The molecule has 0 saturated carbocycles. The number of hydrogen-bond acceptors (Lipinski definition) is 2. The van der Waals surface area contributed by atoms with Crippen molar-refractivity contribution in [3.05, 3.63) is 34.3 Å². The van der Waals surface area contributed by atoms with Gasteiger partial charge in [-0.15, -0.1) is 0 Å². The SMILES string of the molecule is CC1CN(CC(=O)c2cccc(Br)c2)CC1C. The minimum absolute atomic E-state index is 0.215. The summed E-state index contributed by atoms with van der Waals surface area (Å²) >= 11 is 3.40. The number of carbonyl (C=O) groups excluding carboxylic acids is 1. The van der Waals surface area contributed by atoms with Crippen molar-refractivity contribution in [1.29, 1.82) is 0 Å². The van der Waals surface area contributed by atoms with Gasteiger partial charge >= 0.3 is 0 Å². The van der Waals surface area contributed by atoms with Gasteiger partial charge < -0.3 is 0 Å². The smallest absolute Gasteiger partial charge is 0.176 e. The van der Waals surface area contributed by atoms with Gasteiger partial charge in [-0.05, 0) is 24.0 Å². The van der Waals surface area contributed by atoms with Crippen molar-refractivity contribution in [1.82, 2.24) is 4.90 Å². The molecule has 2 rings (SSSR count). The zero-order valence-electron chi connectivity index (χ0n) is 10.3. The Kier molecular flexibility index (Phi) is 4.00. The van der Waals surface area contributed by atoms with Crippen LogP contribution in [0.4, 0.5) is 0 Å². The van der Waals surface area contributed by atoms with Crippen molar-refractivity contribution in [3.63, 3.8) is 0 Å². The van der Waals surface area contributed by atoms with Crippen LogP contribution in [0.25, 0.3) is 0 Å². The van der Waals surface area contributed by atoms with Gasteiger partial charge in [0.2, 0.25) is 0 Å². The second-order valence-electron chi connectivity index (χ2n) is 5.08. The fraction of sp³-hybridized carbons (Fsp3) is 0.500. The number of Topliss-reactive ketones (excluding diaryl/α,β-unsaturated/α-hetero) is 1. The van der Waals surface area contributed by atoms with E-state index in [2.05, 4.69) is 34.7 Å². The quantitative estimate of drug-likeness (QED) is 0.798. The summed E-state index contributed by atoms with van der Waals surface area (Å²) in [6.45, 7) is 7.15. The van der Waals surface area contributed by atoms with Crippen LogP contribution in [0.15, 0.2) is 28.7 Å². The van der Waals surface area contributed by atoms with Crippen molar-refractivity contribution in [2.24, 2.45) is 11.8 Å². The number of ketones is 1. The summed E-state index contributed by atoms with van der Waals surface area (Å²) in [6, 6.07) is 7.63. The fourth-order valence-corrected chi connectivity index (χ4v) is 2.73. The van der Waals surface area contributed by atoms with E-state index in [1.54, 1.807) is 0 Å². The second kappa shape index (κ2) is 5.32. The van der Waals surface area contributed by atoms with Gasteiger partial charge in [-0.3, -0.25) is 9.69 Å². The lowest BCUT2D eigenvalue weighted by Gasteiger charge is -2.14. The molecular formula is C14H18BrNO. The number of nitrogens with zero attached hydrogens (tertiary/aromatic N) is 1. The normalized spacial score (nSPS) is 25.1. The highest BCUT2D eigenvalue weighted by Gasteiger charge is 2.27. The van der Waals surface area contributed by atoms with E-state index in [0.717, 1.165) is 23.1 Å². The minimum Gasteiger partial charge on any atom is -0.295 e. The van der Waals surface area contributed by atoms with Gasteiger partial charge in [0.1, 0.15) is 0 Å². The lowest BCUT2D eigenvalue weighted by atomic mass is 10.0. The highest BCUT2D eigenvalue weighted by atomic mass is 79.9. The fourth-order valence-electron chi connectivity index (χ4n) is 2.33. The molecule has 3 heteroatoms. The molecule has 1 aromatic carbocycles. The largest absolute Gasteiger partial charge is 0.295 e. The highest BCUT2D eigenvalue weighted by molar-refractivity contribution is 9.10. The maximum Gasteiger partial charge on any atom is 0.176 e. The number of carbonyl (C=O) groups is 1. The molecular weight excluding hydrogens is 278 g/mol. The number of halogens is 1. The average molecular weight is 296 g/mol. The minimum atomic E-state index is 0.215. The topological polar surface area (TPSA) is 20.3 Å². The van der Waals surface area contributed by atoms with Crippen molar-refractivity contribution >= 4 is 21.7 Å². The van der Waals surface area contributed by atoms with E-state index in [0.29, 0.717) is 18.4 Å². The van der Waals surface area contributed by atoms with E-state index in [9.17, 15) is 4.79 Å². The van der Waals surface area contributed by atoms with Crippen LogP contribution in [0.1, 0.15) is 24.2 Å². The monoisotopic (exact) mass is 295 g/mol. The Balaban J connectivity index is 1.98. The first-order chi connectivity index (χ1) is 8.06. The lowest BCUT2D eigenvalue weighted by Crippen LogP contribution is -2.28. The summed E-state index contributed by atoms with van der Waals surface area (Å²) in [4.78, 5) is 14.4. The van der Waals surface area contributed by atoms with Crippen molar-refractivity contribution in [2.45, 2.75) is 13.8 Å². The summed E-state index contributed by atoms with van der Waals surface area (Å²) in [5.41, 5.74) is 0.798. The van der Waals surface area contributed by atoms with E-state index in [-0.39, 0.29) is 5.78 Å². The Morgan fingerprint density at radius 3 is 2.59 bits per heavy atom. The maximum atomic E-state index is 12.1. The predicted octanol–water partition coefficient (Wildman–Crippen LogP) is 3.22. The van der Waals surface area contributed by atoms with Crippen LogP contribution in [0.5, 0.6) is 0 Å². The lowest BCUT2D eigenvalue weighted by molar-refractivity contribution is 0.0942. The molecule has 0 radical (unpaired) electrons. The molecule has 2 atom stereocenters. The molecule has 0 bridgehead atoms. The molecule has 1 aromatic rings. The van der Waals surface area contributed by atoms with E-state index >= 15 is 0 Å². The first-order valence-electron chi connectivity index (χ1n) is 6.07. The molecule has 1 saturated heterocycles. The van der Waals surface area contributed by atoms with Crippen molar-refractivity contribution in [3.8, 4) is 0 Å². The summed E-state index contributed by atoms with van der Waals surface area (Å²) in [7, 11) is 0. The molecule has 0 amide bonds. The third kappa shape index (κ3) is 3.17. The van der Waals surface area contributed by atoms with Crippen molar-refractivity contribution in [2.75, 3.05) is 19.6 Å². The molecule has 17 heavy (non-hydrogen) atoms. The van der Waals surface area contributed by atoms with Crippen LogP contribution in [-0.2, 0) is 0 Å². The number of rotatable bonds is 3. The Morgan fingerprint density at radius 1 is 1.35 bits per heavy atom. The van der Waals surface area contributed by atoms with E-state index in [1.165, 1.54) is 0 Å². The Morgan fingerprint density at radius 2 is 2.00 bits per heavy atom. The molecule has 1 fully saturated rings. The molecule has 1 heterocycles.